The van der Waals surface area contributed by atoms with E-state index in [9.17, 15) is 26.7 Å². The van der Waals surface area contributed by atoms with Gasteiger partial charge in [-0.05, 0) is 36.4 Å². The molecule has 2 aromatic carbocycles. The van der Waals surface area contributed by atoms with E-state index in [0.29, 0.717) is 6.07 Å². The van der Waals surface area contributed by atoms with Crippen LogP contribution in [0, 0.1) is 11.6 Å². The second-order valence-electron chi connectivity index (χ2n) is 4.15. The van der Waals surface area contributed by atoms with Crippen molar-refractivity contribution in [3.05, 3.63) is 65.2 Å². The fourth-order valence-electron chi connectivity index (χ4n) is 1.60. The Morgan fingerprint density at radius 3 is 2.10 bits per heavy atom. The molecule has 1 amide bonds. The fourth-order valence-corrected chi connectivity index (χ4v) is 1.60. The number of anilines is 1. The molecule has 0 unspecified atom stereocenters. The lowest BCUT2D eigenvalue weighted by molar-refractivity contribution is -0.137. The summed E-state index contributed by atoms with van der Waals surface area (Å²) in [6.45, 7) is 0. The molecule has 7 heteroatoms. The van der Waals surface area contributed by atoms with Crippen molar-refractivity contribution < 1.29 is 26.7 Å². The minimum atomic E-state index is -4.50. The van der Waals surface area contributed by atoms with Crippen LogP contribution in [0.15, 0.2) is 42.5 Å². The number of hydrogen-bond donors (Lipinski definition) is 1. The summed E-state index contributed by atoms with van der Waals surface area (Å²) in [6.07, 6.45) is -4.50. The molecule has 0 aliphatic rings. The van der Waals surface area contributed by atoms with Crippen LogP contribution in [0.4, 0.5) is 27.6 Å². The standard InChI is InChI=1S/C14H8F5NO/c15-10-5-6-12(11(16)7-10)20-13(21)8-1-3-9(4-2-8)14(17,18)19/h1-7H,(H,20,21). The molecule has 0 aromatic heterocycles. The lowest BCUT2D eigenvalue weighted by Crippen LogP contribution is -2.14. The summed E-state index contributed by atoms with van der Waals surface area (Å²) in [5, 5.41) is 2.15. The van der Waals surface area contributed by atoms with E-state index in [1.54, 1.807) is 0 Å². The van der Waals surface area contributed by atoms with Crippen molar-refractivity contribution in [2.45, 2.75) is 6.18 Å². The normalized spacial score (nSPS) is 11.3. The van der Waals surface area contributed by atoms with E-state index in [1.165, 1.54) is 0 Å². The average Bonchev–Trinajstić information content (AvgIpc) is 2.41. The van der Waals surface area contributed by atoms with Crippen LogP contribution in [0.1, 0.15) is 15.9 Å². The number of carbonyl (C=O) groups is 1. The van der Waals surface area contributed by atoms with Gasteiger partial charge in [0.05, 0.1) is 11.3 Å². The molecule has 1 N–H and O–H groups in total. The molecule has 0 saturated heterocycles. The first-order chi connectivity index (χ1) is 9.77. The van der Waals surface area contributed by atoms with Crippen molar-refractivity contribution in [3.63, 3.8) is 0 Å². The molecule has 0 saturated carbocycles. The lowest BCUT2D eigenvalue weighted by Gasteiger charge is -2.09. The number of alkyl halides is 3. The van der Waals surface area contributed by atoms with Crippen molar-refractivity contribution in [3.8, 4) is 0 Å². The second kappa shape index (κ2) is 5.51. The summed E-state index contributed by atoms with van der Waals surface area (Å²) in [5.74, 6) is -2.58. The Balaban J connectivity index is 2.17. The maximum Gasteiger partial charge on any atom is 0.416 e. The van der Waals surface area contributed by atoms with Crippen molar-refractivity contribution >= 4 is 11.6 Å². The Morgan fingerprint density at radius 1 is 0.952 bits per heavy atom. The van der Waals surface area contributed by atoms with Gasteiger partial charge in [-0.3, -0.25) is 4.79 Å². The molecule has 0 atom stereocenters. The van der Waals surface area contributed by atoms with Gasteiger partial charge in [0.2, 0.25) is 0 Å². The van der Waals surface area contributed by atoms with Gasteiger partial charge in [0.1, 0.15) is 11.6 Å². The zero-order chi connectivity index (χ0) is 15.6. The predicted molar refractivity (Wildman–Crippen MR) is 65.8 cm³/mol. The van der Waals surface area contributed by atoms with Gasteiger partial charge in [-0.25, -0.2) is 8.78 Å². The maximum absolute atomic E-state index is 13.3. The molecule has 110 valence electrons. The van der Waals surface area contributed by atoms with Gasteiger partial charge >= 0.3 is 6.18 Å². The van der Waals surface area contributed by atoms with E-state index >= 15 is 0 Å². The highest BCUT2D eigenvalue weighted by atomic mass is 19.4. The second-order valence-corrected chi connectivity index (χ2v) is 4.15. The van der Waals surface area contributed by atoms with E-state index in [0.717, 1.165) is 36.4 Å². The third kappa shape index (κ3) is 3.56. The first-order valence-electron chi connectivity index (χ1n) is 5.71. The van der Waals surface area contributed by atoms with E-state index in [1.807, 2.05) is 0 Å². The highest BCUT2D eigenvalue weighted by molar-refractivity contribution is 6.04. The van der Waals surface area contributed by atoms with E-state index in [2.05, 4.69) is 5.32 Å². The molecule has 0 fully saturated rings. The third-order valence-electron chi connectivity index (χ3n) is 2.65. The van der Waals surface area contributed by atoms with Crippen LogP contribution in [0.2, 0.25) is 0 Å². The van der Waals surface area contributed by atoms with Crippen LogP contribution >= 0.6 is 0 Å². The van der Waals surface area contributed by atoms with Crippen molar-refractivity contribution in [2.75, 3.05) is 5.32 Å². The quantitative estimate of drug-likeness (QED) is 0.826. The number of halogens is 5. The van der Waals surface area contributed by atoms with Gasteiger partial charge in [0.25, 0.3) is 5.91 Å². The van der Waals surface area contributed by atoms with E-state index in [-0.39, 0.29) is 11.3 Å². The van der Waals surface area contributed by atoms with Crippen molar-refractivity contribution in [1.82, 2.24) is 0 Å². The van der Waals surface area contributed by atoms with Crippen molar-refractivity contribution in [1.29, 1.82) is 0 Å². The number of carbonyl (C=O) groups excluding carboxylic acids is 1. The summed E-state index contributed by atoms with van der Waals surface area (Å²) >= 11 is 0. The van der Waals surface area contributed by atoms with Gasteiger partial charge in [0, 0.05) is 11.6 Å². The largest absolute Gasteiger partial charge is 0.416 e. The molecule has 2 nitrogen and oxygen atoms in total. The van der Waals surface area contributed by atoms with Gasteiger partial charge < -0.3 is 5.32 Å². The molecule has 2 aromatic rings. The Kier molecular flexibility index (Phi) is 3.93. The van der Waals surface area contributed by atoms with E-state index in [4.69, 9.17) is 0 Å². The Labute approximate surface area is 116 Å². The van der Waals surface area contributed by atoms with Crippen LogP contribution in [0.5, 0.6) is 0 Å². The Bertz CT molecular complexity index is 664. The molecule has 2 rings (SSSR count). The number of hydrogen-bond acceptors (Lipinski definition) is 1. The summed E-state index contributed by atoms with van der Waals surface area (Å²) in [5.41, 5.74) is -1.24. The molecular weight excluding hydrogens is 293 g/mol. The molecule has 0 aliphatic heterocycles. The molecular formula is C14H8F5NO. The summed E-state index contributed by atoms with van der Waals surface area (Å²) in [7, 11) is 0. The van der Waals surface area contributed by atoms with Crippen LogP contribution in [0.3, 0.4) is 0 Å². The summed E-state index contributed by atoms with van der Waals surface area (Å²) in [4.78, 5) is 11.8. The first-order valence-corrected chi connectivity index (χ1v) is 5.71. The third-order valence-corrected chi connectivity index (χ3v) is 2.65. The van der Waals surface area contributed by atoms with E-state index < -0.39 is 29.3 Å². The van der Waals surface area contributed by atoms with Crippen LogP contribution in [-0.4, -0.2) is 5.91 Å². The molecule has 0 radical (unpaired) electrons. The Morgan fingerprint density at radius 2 is 1.57 bits per heavy atom. The number of benzene rings is 2. The zero-order valence-electron chi connectivity index (χ0n) is 10.3. The minimum Gasteiger partial charge on any atom is -0.319 e. The zero-order valence-corrected chi connectivity index (χ0v) is 10.3. The van der Waals surface area contributed by atoms with Gasteiger partial charge in [-0.2, -0.15) is 13.2 Å². The fraction of sp³-hybridized carbons (Fsp3) is 0.0714. The lowest BCUT2D eigenvalue weighted by atomic mass is 10.1. The Hall–Kier alpha value is -2.44. The minimum absolute atomic E-state index is 0.0771. The van der Waals surface area contributed by atoms with Gasteiger partial charge in [0.15, 0.2) is 0 Å². The SMILES string of the molecule is O=C(Nc1ccc(F)cc1F)c1ccc(C(F)(F)F)cc1. The number of nitrogens with one attached hydrogen (secondary N) is 1. The first kappa shape index (κ1) is 15.0. The van der Waals surface area contributed by atoms with Gasteiger partial charge in [-0.15, -0.1) is 0 Å². The summed E-state index contributed by atoms with van der Waals surface area (Å²) in [6, 6.07) is 5.99. The maximum atomic E-state index is 13.3. The smallest absolute Gasteiger partial charge is 0.319 e. The predicted octanol–water partition coefficient (Wildman–Crippen LogP) is 4.24. The van der Waals surface area contributed by atoms with Crippen LogP contribution < -0.4 is 5.32 Å². The average molecular weight is 301 g/mol. The monoisotopic (exact) mass is 301 g/mol. The molecule has 0 aliphatic carbocycles. The number of amides is 1. The molecule has 0 spiro atoms. The molecule has 0 bridgehead atoms. The molecule has 21 heavy (non-hydrogen) atoms. The van der Waals surface area contributed by atoms with Gasteiger partial charge in [-0.1, -0.05) is 0 Å². The number of rotatable bonds is 2. The summed E-state index contributed by atoms with van der Waals surface area (Å²) < 4.78 is 63.2. The highest BCUT2D eigenvalue weighted by Crippen LogP contribution is 2.29. The molecule has 0 heterocycles. The highest BCUT2D eigenvalue weighted by Gasteiger charge is 2.30. The van der Waals surface area contributed by atoms with Crippen molar-refractivity contribution in [2.24, 2.45) is 0 Å². The topological polar surface area (TPSA) is 29.1 Å². The van der Waals surface area contributed by atoms with Crippen LogP contribution in [-0.2, 0) is 6.18 Å². The van der Waals surface area contributed by atoms with Crippen LogP contribution in [0.25, 0.3) is 0 Å².